The summed E-state index contributed by atoms with van der Waals surface area (Å²) in [5.74, 6) is 0.477. The van der Waals surface area contributed by atoms with Crippen molar-refractivity contribution in [2.24, 2.45) is 0 Å². The van der Waals surface area contributed by atoms with Gasteiger partial charge in [0.15, 0.2) is 0 Å². The van der Waals surface area contributed by atoms with Crippen LogP contribution in [0.3, 0.4) is 0 Å². The Morgan fingerprint density at radius 1 is 1.46 bits per heavy atom. The van der Waals surface area contributed by atoms with E-state index in [0.717, 1.165) is 11.4 Å². The number of carbonyl (C=O) groups is 2. The van der Waals surface area contributed by atoms with E-state index in [-0.39, 0.29) is 30.8 Å². The van der Waals surface area contributed by atoms with Crippen LogP contribution in [0.4, 0.5) is 5.69 Å². The van der Waals surface area contributed by atoms with Crippen LogP contribution in [0, 0.1) is 6.92 Å². The Kier molecular flexibility index (Phi) is 4.45. The van der Waals surface area contributed by atoms with Crippen LogP contribution in [0.2, 0.25) is 0 Å². The highest BCUT2D eigenvalue weighted by atomic mass is 16.5. The second-order valence-corrected chi connectivity index (χ2v) is 5.73. The van der Waals surface area contributed by atoms with Crippen LogP contribution in [0.1, 0.15) is 12.1 Å². The molecule has 1 aromatic heterocycles. The Hall–Kier alpha value is -2.90. The molecule has 1 N–H and O–H groups in total. The molecule has 1 saturated heterocycles. The van der Waals surface area contributed by atoms with Crippen molar-refractivity contribution in [1.29, 1.82) is 0 Å². The lowest BCUT2D eigenvalue weighted by molar-refractivity contribution is -0.122. The summed E-state index contributed by atoms with van der Waals surface area (Å²) in [4.78, 5) is 26.0. The van der Waals surface area contributed by atoms with Crippen molar-refractivity contribution in [3.8, 4) is 5.75 Å². The van der Waals surface area contributed by atoms with Crippen LogP contribution < -0.4 is 15.0 Å². The molecular formula is C16H19N5O3. The standard InChI is InChI=1S/C16H19N5O3/c1-11-8-20(19-18-11)10-15(22)17-12-6-16(23)21(9-12)13-4-3-5-14(7-13)24-2/h3-5,7-8,12H,6,9-10H2,1-2H3,(H,17,22)/t12-/m0/s1. The topological polar surface area (TPSA) is 89.3 Å². The maximum absolute atomic E-state index is 12.2. The molecule has 1 aliphatic rings. The minimum absolute atomic E-state index is 0.0230. The summed E-state index contributed by atoms with van der Waals surface area (Å²) in [7, 11) is 1.58. The van der Waals surface area contributed by atoms with Crippen LogP contribution in [0.25, 0.3) is 0 Å². The monoisotopic (exact) mass is 329 g/mol. The number of hydrogen-bond donors (Lipinski definition) is 1. The molecule has 1 aliphatic heterocycles. The molecule has 0 radical (unpaired) electrons. The first kappa shape index (κ1) is 16.0. The second-order valence-electron chi connectivity index (χ2n) is 5.73. The number of amides is 2. The number of nitrogens with zero attached hydrogens (tertiary/aromatic N) is 4. The van der Waals surface area contributed by atoms with E-state index in [0.29, 0.717) is 12.3 Å². The Balaban J connectivity index is 1.60. The normalized spacial score (nSPS) is 17.2. The molecule has 8 heteroatoms. The zero-order valence-corrected chi connectivity index (χ0v) is 13.6. The number of nitrogens with one attached hydrogen (secondary N) is 1. The number of hydrogen-bond acceptors (Lipinski definition) is 5. The Morgan fingerprint density at radius 3 is 3.00 bits per heavy atom. The molecule has 0 aliphatic carbocycles. The van der Waals surface area contributed by atoms with E-state index in [2.05, 4.69) is 15.6 Å². The fourth-order valence-corrected chi connectivity index (χ4v) is 2.73. The third kappa shape index (κ3) is 3.53. The van der Waals surface area contributed by atoms with Gasteiger partial charge in [-0.05, 0) is 19.1 Å². The maximum atomic E-state index is 12.2. The third-order valence-electron chi connectivity index (χ3n) is 3.81. The summed E-state index contributed by atoms with van der Waals surface area (Å²) in [5.41, 5.74) is 1.52. The molecular weight excluding hydrogens is 310 g/mol. The lowest BCUT2D eigenvalue weighted by Crippen LogP contribution is -2.39. The smallest absolute Gasteiger partial charge is 0.242 e. The van der Waals surface area contributed by atoms with E-state index in [1.807, 2.05) is 25.1 Å². The first-order valence-electron chi connectivity index (χ1n) is 7.65. The minimum atomic E-state index is -0.221. The van der Waals surface area contributed by atoms with E-state index in [1.165, 1.54) is 4.68 Å². The van der Waals surface area contributed by atoms with Crippen molar-refractivity contribution in [3.05, 3.63) is 36.2 Å². The molecule has 2 amide bonds. The molecule has 1 aromatic carbocycles. The highest BCUT2D eigenvalue weighted by molar-refractivity contribution is 5.97. The second kappa shape index (κ2) is 6.69. The predicted molar refractivity (Wildman–Crippen MR) is 86.7 cm³/mol. The van der Waals surface area contributed by atoms with Gasteiger partial charge in [0.2, 0.25) is 11.8 Å². The minimum Gasteiger partial charge on any atom is -0.497 e. The number of methoxy groups -OCH3 is 1. The fraction of sp³-hybridized carbons (Fsp3) is 0.375. The molecule has 24 heavy (non-hydrogen) atoms. The van der Waals surface area contributed by atoms with Gasteiger partial charge in [-0.1, -0.05) is 11.3 Å². The molecule has 2 heterocycles. The van der Waals surface area contributed by atoms with Crippen molar-refractivity contribution in [3.63, 3.8) is 0 Å². The highest BCUT2D eigenvalue weighted by Gasteiger charge is 2.31. The molecule has 0 saturated carbocycles. The highest BCUT2D eigenvalue weighted by Crippen LogP contribution is 2.25. The number of benzene rings is 1. The predicted octanol–water partition coefficient (Wildman–Crippen LogP) is 0.517. The van der Waals surface area contributed by atoms with E-state index in [9.17, 15) is 9.59 Å². The first-order valence-corrected chi connectivity index (χ1v) is 7.65. The number of carbonyl (C=O) groups excluding carboxylic acids is 2. The van der Waals surface area contributed by atoms with Crippen molar-refractivity contribution in [2.45, 2.75) is 25.9 Å². The number of rotatable bonds is 5. The van der Waals surface area contributed by atoms with Gasteiger partial charge in [0.05, 0.1) is 18.8 Å². The largest absolute Gasteiger partial charge is 0.497 e. The summed E-state index contributed by atoms with van der Waals surface area (Å²) < 4.78 is 6.66. The molecule has 1 atom stereocenters. The Labute approximate surface area is 139 Å². The molecule has 8 nitrogen and oxygen atoms in total. The Morgan fingerprint density at radius 2 is 2.29 bits per heavy atom. The molecule has 2 aromatic rings. The average molecular weight is 329 g/mol. The molecule has 0 spiro atoms. The van der Waals surface area contributed by atoms with Crippen LogP contribution in [0.5, 0.6) is 5.75 Å². The first-order chi connectivity index (χ1) is 11.5. The number of anilines is 1. The number of aromatic nitrogens is 3. The fourth-order valence-electron chi connectivity index (χ4n) is 2.73. The third-order valence-corrected chi connectivity index (χ3v) is 3.81. The molecule has 3 rings (SSSR count). The van der Waals surface area contributed by atoms with E-state index in [4.69, 9.17) is 4.74 Å². The van der Waals surface area contributed by atoms with E-state index >= 15 is 0 Å². The van der Waals surface area contributed by atoms with Crippen LogP contribution in [-0.4, -0.2) is 46.5 Å². The number of aryl methyl sites for hydroxylation is 1. The van der Waals surface area contributed by atoms with Gasteiger partial charge in [0.25, 0.3) is 0 Å². The van der Waals surface area contributed by atoms with Gasteiger partial charge in [0, 0.05) is 30.9 Å². The lowest BCUT2D eigenvalue weighted by Gasteiger charge is -2.18. The van der Waals surface area contributed by atoms with Gasteiger partial charge < -0.3 is 15.0 Å². The van der Waals surface area contributed by atoms with Crippen molar-refractivity contribution in [1.82, 2.24) is 20.3 Å². The SMILES string of the molecule is COc1cccc(N2C[C@@H](NC(=O)Cn3cc(C)nn3)CC2=O)c1. The molecule has 1 fully saturated rings. The summed E-state index contributed by atoms with van der Waals surface area (Å²) in [6.45, 7) is 2.34. The van der Waals surface area contributed by atoms with Crippen LogP contribution >= 0.6 is 0 Å². The molecule has 126 valence electrons. The van der Waals surface area contributed by atoms with E-state index in [1.54, 1.807) is 24.3 Å². The van der Waals surface area contributed by atoms with Gasteiger partial charge in [-0.15, -0.1) is 5.10 Å². The zero-order valence-electron chi connectivity index (χ0n) is 13.6. The van der Waals surface area contributed by atoms with Crippen LogP contribution in [-0.2, 0) is 16.1 Å². The van der Waals surface area contributed by atoms with Gasteiger partial charge in [-0.25, -0.2) is 4.68 Å². The zero-order chi connectivity index (χ0) is 17.1. The van der Waals surface area contributed by atoms with Gasteiger partial charge in [-0.2, -0.15) is 0 Å². The summed E-state index contributed by atoms with van der Waals surface area (Å²) in [6, 6.07) is 7.09. The van der Waals surface area contributed by atoms with Gasteiger partial charge >= 0.3 is 0 Å². The number of ether oxygens (including phenoxy) is 1. The lowest BCUT2D eigenvalue weighted by atomic mass is 10.2. The molecule has 0 bridgehead atoms. The van der Waals surface area contributed by atoms with Crippen LogP contribution in [0.15, 0.2) is 30.5 Å². The van der Waals surface area contributed by atoms with Crippen molar-refractivity contribution in [2.75, 3.05) is 18.6 Å². The Bertz CT molecular complexity index is 758. The summed E-state index contributed by atoms with van der Waals surface area (Å²) in [5, 5.41) is 10.6. The van der Waals surface area contributed by atoms with Gasteiger partial charge in [-0.3, -0.25) is 9.59 Å². The molecule has 0 unspecified atom stereocenters. The van der Waals surface area contributed by atoms with Gasteiger partial charge in [0.1, 0.15) is 12.3 Å². The van der Waals surface area contributed by atoms with Crippen molar-refractivity contribution >= 4 is 17.5 Å². The quantitative estimate of drug-likeness (QED) is 0.864. The summed E-state index contributed by atoms with van der Waals surface area (Å²) in [6.07, 6.45) is 1.97. The maximum Gasteiger partial charge on any atom is 0.242 e. The van der Waals surface area contributed by atoms with Crippen molar-refractivity contribution < 1.29 is 14.3 Å². The average Bonchev–Trinajstić information content (AvgIpc) is 3.12. The van der Waals surface area contributed by atoms with E-state index < -0.39 is 0 Å². The summed E-state index contributed by atoms with van der Waals surface area (Å²) >= 11 is 0.